The quantitative estimate of drug-likeness (QED) is 0.162. The van der Waals surface area contributed by atoms with Crippen molar-refractivity contribution in [1.82, 2.24) is 40.0 Å². The Labute approximate surface area is 320 Å². The molecule has 2 saturated heterocycles. The molecule has 3 fully saturated rings. The fourth-order valence-electron chi connectivity index (χ4n) is 7.38. The van der Waals surface area contributed by atoms with Crippen molar-refractivity contribution in [3.63, 3.8) is 0 Å². The van der Waals surface area contributed by atoms with E-state index in [1.807, 2.05) is 20.8 Å². The molecule has 0 radical (unpaired) electrons. The number of piperazine rings is 1. The van der Waals surface area contributed by atoms with Gasteiger partial charge in [0.05, 0.1) is 35.5 Å². The highest BCUT2D eigenvalue weighted by Crippen LogP contribution is 2.45. The average molecular weight is 779 g/mol. The van der Waals surface area contributed by atoms with Gasteiger partial charge in [0, 0.05) is 57.2 Å². The van der Waals surface area contributed by atoms with Crippen LogP contribution in [-0.4, -0.2) is 135 Å². The van der Waals surface area contributed by atoms with Gasteiger partial charge < -0.3 is 44.2 Å². The summed E-state index contributed by atoms with van der Waals surface area (Å²) in [6.07, 6.45) is 1.98. The molecule has 3 aromatic heterocycles. The molecule has 1 aromatic carbocycles. The standard InChI is InChI=1S/C36H43FN10O9/c1-19-38-14-23(15-39-19)55-32-42-30-28(31(43-32)47-16-20-10-22(47)13-25(20)40-33(49)56-36(2,3)4)24-11-21(37)12-26(29(24)41-30)44(5)35(52)54-18-53-27(48)17-45-6-8-46(9-7-45)34(50)51/h11-12,14-15,20,22,25H,6-10,13,16-18H2,1-5H3,(H,40,49)(H,50,51)(H,41,42,43)/t20-,22-,25-/m1/s1. The number of amides is 3. The second-order valence-corrected chi connectivity index (χ2v) is 15.0. The van der Waals surface area contributed by atoms with Gasteiger partial charge in [0.2, 0.25) is 6.79 Å². The molecule has 4 aromatic rings. The van der Waals surface area contributed by atoms with Crippen molar-refractivity contribution in [1.29, 1.82) is 0 Å². The van der Waals surface area contributed by atoms with Gasteiger partial charge >= 0.3 is 30.3 Å². The van der Waals surface area contributed by atoms with Crippen molar-refractivity contribution < 1.29 is 47.6 Å². The predicted molar refractivity (Wildman–Crippen MR) is 197 cm³/mol. The van der Waals surface area contributed by atoms with Gasteiger partial charge in [0.15, 0.2) is 5.75 Å². The number of nitrogens with one attached hydrogen (secondary N) is 2. The number of esters is 1. The molecule has 3 atom stereocenters. The minimum Gasteiger partial charge on any atom is -0.465 e. The van der Waals surface area contributed by atoms with Gasteiger partial charge in [-0.2, -0.15) is 9.97 Å². The fourth-order valence-corrected chi connectivity index (χ4v) is 7.38. The summed E-state index contributed by atoms with van der Waals surface area (Å²) in [5, 5.41) is 13.0. The maximum absolute atomic E-state index is 15.5. The first-order chi connectivity index (χ1) is 26.6. The van der Waals surface area contributed by atoms with E-state index in [9.17, 15) is 19.2 Å². The number of carboxylic acid groups (broad SMARTS) is 1. The van der Waals surface area contributed by atoms with E-state index in [0.29, 0.717) is 65.4 Å². The van der Waals surface area contributed by atoms with E-state index < -0.39 is 42.5 Å². The third-order valence-corrected chi connectivity index (χ3v) is 9.98. The highest BCUT2D eigenvalue weighted by atomic mass is 19.1. The third kappa shape index (κ3) is 8.28. The molecule has 298 valence electrons. The van der Waals surface area contributed by atoms with E-state index in [-0.39, 0.29) is 49.3 Å². The Bertz CT molecular complexity index is 2150. The third-order valence-electron chi connectivity index (χ3n) is 9.98. The van der Waals surface area contributed by atoms with Crippen LogP contribution in [0.3, 0.4) is 0 Å². The number of fused-ring (bicyclic) bond motifs is 5. The molecule has 1 aliphatic carbocycles. The lowest BCUT2D eigenvalue weighted by atomic mass is 10.0. The molecular weight excluding hydrogens is 735 g/mol. The summed E-state index contributed by atoms with van der Waals surface area (Å²) >= 11 is 0. The zero-order valence-electron chi connectivity index (χ0n) is 31.6. The molecule has 5 heterocycles. The van der Waals surface area contributed by atoms with E-state index in [2.05, 4.69) is 30.2 Å². The first-order valence-electron chi connectivity index (χ1n) is 18.1. The van der Waals surface area contributed by atoms with Crippen molar-refractivity contribution >= 4 is 57.7 Å². The van der Waals surface area contributed by atoms with Crippen molar-refractivity contribution in [3.05, 3.63) is 36.2 Å². The van der Waals surface area contributed by atoms with E-state index in [1.165, 1.54) is 36.5 Å². The summed E-state index contributed by atoms with van der Waals surface area (Å²) in [4.78, 5) is 76.6. The Morgan fingerprint density at radius 3 is 2.45 bits per heavy atom. The number of carbonyl (C=O) groups excluding carboxylic acids is 3. The number of hydrogen-bond donors (Lipinski definition) is 3. The Morgan fingerprint density at radius 1 is 1.05 bits per heavy atom. The molecule has 0 spiro atoms. The van der Waals surface area contributed by atoms with Crippen molar-refractivity contribution in [2.45, 2.75) is 58.2 Å². The number of ether oxygens (including phenoxy) is 4. The van der Waals surface area contributed by atoms with E-state index in [1.54, 1.807) is 11.8 Å². The number of aryl methyl sites for hydroxylation is 1. The number of aromatic nitrogens is 5. The van der Waals surface area contributed by atoms with Gasteiger partial charge in [-0.3, -0.25) is 14.6 Å². The second-order valence-electron chi connectivity index (χ2n) is 15.0. The number of aromatic amines is 1. The minimum atomic E-state index is -1.02. The van der Waals surface area contributed by atoms with Crippen LogP contribution in [0.25, 0.3) is 21.9 Å². The number of rotatable bonds is 9. The normalized spacial score (nSPS) is 19.6. The molecule has 3 amide bonds. The number of nitrogens with zero attached hydrogens (tertiary/aromatic N) is 8. The molecule has 3 aliphatic rings. The van der Waals surface area contributed by atoms with Gasteiger partial charge in [-0.1, -0.05) is 0 Å². The summed E-state index contributed by atoms with van der Waals surface area (Å²) in [5.74, 6) is 0.119. The summed E-state index contributed by atoms with van der Waals surface area (Å²) in [7, 11) is 1.39. The predicted octanol–water partition coefficient (Wildman–Crippen LogP) is 4.00. The molecule has 3 N–H and O–H groups in total. The molecule has 1 saturated carbocycles. The van der Waals surface area contributed by atoms with Crippen LogP contribution in [-0.2, 0) is 19.0 Å². The molecule has 7 rings (SSSR count). The number of hydrogen-bond acceptors (Lipinski definition) is 14. The summed E-state index contributed by atoms with van der Waals surface area (Å²) in [5.41, 5.74) is 0.157. The lowest BCUT2D eigenvalue weighted by molar-refractivity contribution is -0.153. The molecule has 0 unspecified atom stereocenters. The van der Waals surface area contributed by atoms with Crippen LogP contribution in [0, 0.1) is 18.7 Å². The minimum absolute atomic E-state index is 0.0157. The Hall–Kier alpha value is -6.05. The Morgan fingerprint density at radius 2 is 1.79 bits per heavy atom. The van der Waals surface area contributed by atoms with Gasteiger partial charge in [-0.25, -0.2) is 28.7 Å². The number of carbonyl (C=O) groups is 4. The topological polar surface area (TPSA) is 218 Å². The lowest BCUT2D eigenvalue weighted by Crippen LogP contribution is -2.49. The maximum atomic E-state index is 15.5. The Kier molecular flexibility index (Phi) is 10.4. The summed E-state index contributed by atoms with van der Waals surface area (Å²) < 4.78 is 37.3. The monoisotopic (exact) mass is 778 g/mol. The van der Waals surface area contributed by atoms with E-state index in [0.717, 1.165) is 11.3 Å². The van der Waals surface area contributed by atoms with Crippen LogP contribution < -0.4 is 19.9 Å². The summed E-state index contributed by atoms with van der Waals surface area (Å²) in [6, 6.07) is 2.35. The lowest BCUT2D eigenvalue weighted by Gasteiger charge is -2.33. The first-order valence-corrected chi connectivity index (χ1v) is 18.1. The molecule has 2 aliphatic heterocycles. The number of alkyl carbamates (subject to hydrolysis) is 1. The SMILES string of the molecule is Cc1ncc(Oc2nc(N3C[C@H]4C[C@@H]3C[C@H]4NC(=O)OC(C)(C)C)c3c(n2)[nH]c2c(N(C)C(=O)OCOC(=O)CN4CCN(C(=O)O)CC4)cc(F)cc23)cn1. The smallest absolute Gasteiger partial charge is 0.416 e. The van der Waals surface area contributed by atoms with E-state index in [4.69, 9.17) is 29.0 Å². The van der Waals surface area contributed by atoms with Gasteiger partial charge in [-0.05, 0) is 58.6 Å². The average Bonchev–Trinajstić information content (AvgIpc) is 3.84. The van der Waals surface area contributed by atoms with Gasteiger partial charge in [-0.15, -0.1) is 0 Å². The molecule has 2 bridgehead atoms. The van der Waals surface area contributed by atoms with E-state index >= 15 is 4.39 Å². The molecule has 56 heavy (non-hydrogen) atoms. The zero-order valence-corrected chi connectivity index (χ0v) is 31.6. The molecule has 19 nitrogen and oxygen atoms in total. The number of halogens is 1. The van der Waals surface area contributed by atoms with Crippen LogP contribution in [0.1, 0.15) is 39.4 Å². The zero-order chi connectivity index (χ0) is 39.9. The number of H-pyrrole nitrogens is 1. The molecule has 20 heteroatoms. The fraction of sp³-hybridized carbons (Fsp3) is 0.500. The van der Waals surface area contributed by atoms with Gasteiger partial charge in [0.25, 0.3) is 0 Å². The largest absolute Gasteiger partial charge is 0.465 e. The maximum Gasteiger partial charge on any atom is 0.416 e. The highest BCUT2D eigenvalue weighted by molar-refractivity contribution is 6.16. The van der Waals surface area contributed by atoms with Crippen LogP contribution >= 0.6 is 0 Å². The first kappa shape index (κ1) is 38.2. The van der Waals surface area contributed by atoms with Crippen LogP contribution in [0.4, 0.5) is 30.3 Å². The number of piperidine rings is 1. The van der Waals surface area contributed by atoms with Crippen LogP contribution in [0.2, 0.25) is 0 Å². The highest BCUT2D eigenvalue weighted by Gasteiger charge is 2.47. The van der Waals surface area contributed by atoms with Crippen LogP contribution in [0.5, 0.6) is 11.8 Å². The second kappa shape index (κ2) is 15.2. The van der Waals surface area contributed by atoms with Crippen molar-refractivity contribution in [2.75, 3.05) is 62.9 Å². The van der Waals surface area contributed by atoms with Gasteiger partial charge in [0.1, 0.15) is 28.7 Å². The number of benzene rings is 1. The molecular formula is C36H43FN10O9. The Balaban J connectivity index is 1.12. The summed E-state index contributed by atoms with van der Waals surface area (Å²) in [6.45, 7) is 8.13. The van der Waals surface area contributed by atoms with Crippen LogP contribution in [0.15, 0.2) is 24.5 Å². The van der Waals surface area contributed by atoms with Crippen molar-refractivity contribution in [3.8, 4) is 11.8 Å². The number of anilines is 2. The van der Waals surface area contributed by atoms with Crippen molar-refractivity contribution in [2.24, 2.45) is 5.92 Å².